The van der Waals surface area contributed by atoms with E-state index in [9.17, 15) is 14.9 Å². The fourth-order valence-corrected chi connectivity index (χ4v) is 4.35. The lowest BCUT2D eigenvalue weighted by Crippen LogP contribution is -2.33. The summed E-state index contributed by atoms with van der Waals surface area (Å²) in [5.74, 6) is -0.230. The van der Waals surface area contributed by atoms with Gasteiger partial charge in [-0.15, -0.1) is 11.8 Å². The van der Waals surface area contributed by atoms with Crippen LogP contribution in [0.3, 0.4) is 0 Å². The molecule has 1 aliphatic rings. The number of thioether (sulfide) groups is 1. The molecule has 1 heterocycles. The molecule has 0 radical (unpaired) electrons. The molecule has 2 aromatic rings. The van der Waals surface area contributed by atoms with Crippen molar-refractivity contribution in [3.05, 3.63) is 67.7 Å². The Labute approximate surface area is 168 Å². The van der Waals surface area contributed by atoms with Crippen molar-refractivity contribution in [3.8, 4) is 5.75 Å². The maximum absolute atomic E-state index is 11.2. The van der Waals surface area contributed by atoms with Crippen LogP contribution in [0.5, 0.6) is 5.75 Å². The lowest BCUT2D eigenvalue weighted by atomic mass is 10.1. The SMILES string of the molecule is O=C(O)[C@H]1CS[C@H](c2cc([N+](=O)[O-])ccc2OCc2c(Cl)cccc2Cl)N1. The maximum atomic E-state index is 11.2. The van der Waals surface area contributed by atoms with Gasteiger partial charge in [0.1, 0.15) is 18.4 Å². The number of carboxylic acid groups (broad SMARTS) is 1. The molecule has 1 aliphatic heterocycles. The second kappa shape index (κ2) is 8.35. The number of carbonyl (C=O) groups is 1. The Morgan fingerprint density at radius 1 is 1.33 bits per heavy atom. The van der Waals surface area contributed by atoms with E-state index in [0.29, 0.717) is 32.7 Å². The zero-order chi connectivity index (χ0) is 19.6. The van der Waals surface area contributed by atoms with Crippen LogP contribution in [0.4, 0.5) is 5.69 Å². The molecule has 0 aliphatic carbocycles. The first-order chi connectivity index (χ1) is 12.9. The van der Waals surface area contributed by atoms with Gasteiger partial charge in [0, 0.05) is 39.1 Å². The van der Waals surface area contributed by atoms with Gasteiger partial charge in [0.2, 0.25) is 0 Å². The highest BCUT2D eigenvalue weighted by Gasteiger charge is 2.33. The molecule has 3 rings (SSSR count). The van der Waals surface area contributed by atoms with Crippen LogP contribution >= 0.6 is 35.0 Å². The van der Waals surface area contributed by atoms with E-state index in [2.05, 4.69) is 5.32 Å². The number of non-ortho nitro benzene ring substituents is 1. The largest absolute Gasteiger partial charge is 0.488 e. The van der Waals surface area contributed by atoms with Crippen LogP contribution in [0.25, 0.3) is 0 Å². The van der Waals surface area contributed by atoms with E-state index in [1.54, 1.807) is 18.2 Å². The molecule has 2 aromatic carbocycles. The molecule has 1 fully saturated rings. The Morgan fingerprint density at radius 2 is 2.04 bits per heavy atom. The summed E-state index contributed by atoms with van der Waals surface area (Å²) < 4.78 is 5.84. The fraction of sp³-hybridized carbons (Fsp3) is 0.235. The predicted octanol–water partition coefficient (Wildman–Crippen LogP) is 4.27. The van der Waals surface area contributed by atoms with Gasteiger partial charge in [0.05, 0.1) is 10.3 Å². The Morgan fingerprint density at radius 3 is 2.63 bits per heavy atom. The number of carboxylic acids is 1. The summed E-state index contributed by atoms with van der Waals surface area (Å²) >= 11 is 13.6. The van der Waals surface area contributed by atoms with Gasteiger partial charge in [0.25, 0.3) is 5.69 Å². The number of halogens is 2. The molecule has 142 valence electrons. The highest BCUT2D eigenvalue weighted by Crippen LogP contribution is 2.40. The van der Waals surface area contributed by atoms with E-state index < -0.39 is 22.3 Å². The number of nitrogens with zero attached hydrogens (tertiary/aromatic N) is 1. The smallest absolute Gasteiger partial charge is 0.321 e. The minimum absolute atomic E-state index is 0.0725. The maximum Gasteiger partial charge on any atom is 0.321 e. The number of ether oxygens (including phenoxy) is 1. The number of rotatable bonds is 6. The predicted molar refractivity (Wildman–Crippen MR) is 104 cm³/mol. The van der Waals surface area contributed by atoms with Crippen LogP contribution < -0.4 is 10.1 Å². The van der Waals surface area contributed by atoms with Crippen molar-refractivity contribution < 1.29 is 19.6 Å². The van der Waals surface area contributed by atoms with E-state index in [1.807, 2.05) is 0 Å². The monoisotopic (exact) mass is 428 g/mol. The highest BCUT2D eigenvalue weighted by atomic mass is 35.5. The Hall–Kier alpha value is -2.00. The summed E-state index contributed by atoms with van der Waals surface area (Å²) in [6, 6.07) is 8.58. The first-order valence-electron chi connectivity index (χ1n) is 7.81. The summed E-state index contributed by atoms with van der Waals surface area (Å²) in [5.41, 5.74) is 0.996. The third-order valence-electron chi connectivity index (χ3n) is 4.00. The topological polar surface area (TPSA) is 102 Å². The number of nitro groups is 1. The number of benzene rings is 2. The molecule has 10 heteroatoms. The highest BCUT2D eigenvalue weighted by molar-refractivity contribution is 7.99. The molecular formula is C17H14Cl2N2O5S. The average Bonchev–Trinajstić information content (AvgIpc) is 3.11. The van der Waals surface area contributed by atoms with Crippen LogP contribution in [-0.4, -0.2) is 27.8 Å². The van der Waals surface area contributed by atoms with E-state index in [-0.39, 0.29) is 12.3 Å². The molecule has 0 saturated carbocycles. The van der Waals surface area contributed by atoms with Crippen molar-refractivity contribution >= 4 is 46.6 Å². The minimum Gasteiger partial charge on any atom is -0.488 e. The lowest BCUT2D eigenvalue weighted by Gasteiger charge is -2.17. The number of hydrogen-bond acceptors (Lipinski definition) is 6. The molecule has 27 heavy (non-hydrogen) atoms. The molecule has 7 nitrogen and oxygen atoms in total. The Bertz CT molecular complexity index is 875. The second-order valence-electron chi connectivity index (χ2n) is 5.74. The zero-order valence-electron chi connectivity index (χ0n) is 13.7. The van der Waals surface area contributed by atoms with Crippen LogP contribution in [0.2, 0.25) is 10.0 Å². The van der Waals surface area contributed by atoms with E-state index in [4.69, 9.17) is 33.0 Å². The molecule has 2 atom stereocenters. The third-order valence-corrected chi connectivity index (χ3v) is 5.96. The summed E-state index contributed by atoms with van der Waals surface area (Å²) in [4.78, 5) is 21.8. The molecular weight excluding hydrogens is 415 g/mol. The first-order valence-corrected chi connectivity index (χ1v) is 9.61. The standard InChI is InChI=1S/C17H14Cl2N2O5S/c18-12-2-1-3-13(19)11(12)7-26-15-5-4-9(21(24)25)6-10(15)16-20-14(8-27-16)17(22)23/h1-6,14,16,20H,7-8H2,(H,22,23)/t14-,16-/m1/s1. The van der Waals surface area contributed by atoms with Crippen molar-refractivity contribution in [3.63, 3.8) is 0 Å². The quantitative estimate of drug-likeness (QED) is 0.522. The van der Waals surface area contributed by atoms with Gasteiger partial charge < -0.3 is 9.84 Å². The third kappa shape index (κ3) is 4.47. The van der Waals surface area contributed by atoms with Crippen LogP contribution in [0.1, 0.15) is 16.5 Å². The van der Waals surface area contributed by atoms with Crippen LogP contribution in [-0.2, 0) is 11.4 Å². The Kier molecular flexibility index (Phi) is 6.11. The molecule has 0 bridgehead atoms. The fourth-order valence-electron chi connectivity index (χ4n) is 2.60. The lowest BCUT2D eigenvalue weighted by molar-refractivity contribution is -0.384. The Balaban J connectivity index is 1.88. The molecule has 0 spiro atoms. The number of nitro benzene ring substituents is 1. The van der Waals surface area contributed by atoms with Crippen molar-refractivity contribution in [2.75, 3.05) is 5.75 Å². The van der Waals surface area contributed by atoms with Crippen LogP contribution in [0.15, 0.2) is 36.4 Å². The first kappa shape index (κ1) is 19.8. The van der Waals surface area contributed by atoms with E-state index in [0.717, 1.165) is 0 Å². The normalized spacial score (nSPS) is 19.0. The summed E-state index contributed by atoms with van der Waals surface area (Å²) in [6.07, 6.45) is 0. The molecule has 0 aromatic heterocycles. The van der Waals surface area contributed by atoms with Gasteiger partial charge in [-0.05, 0) is 18.2 Å². The van der Waals surface area contributed by atoms with Crippen LogP contribution in [0, 0.1) is 10.1 Å². The van der Waals surface area contributed by atoms with Gasteiger partial charge in [-0.3, -0.25) is 20.2 Å². The number of aliphatic carboxylic acids is 1. The molecule has 2 N–H and O–H groups in total. The van der Waals surface area contributed by atoms with Gasteiger partial charge in [0.15, 0.2) is 0 Å². The summed E-state index contributed by atoms with van der Waals surface area (Å²) in [7, 11) is 0. The number of nitrogens with one attached hydrogen (secondary N) is 1. The van der Waals surface area contributed by atoms with E-state index >= 15 is 0 Å². The van der Waals surface area contributed by atoms with Gasteiger partial charge in [-0.25, -0.2) is 0 Å². The van der Waals surface area contributed by atoms with Crippen molar-refractivity contribution in [1.29, 1.82) is 0 Å². The van der Waals surface area contributed by atoms with Gasteiger partial charge in [-0.1, -0.05) is 29.3 Å². The van der Waals surface area contributed by atoms with Gasteiger partial charge in [-0.2, -0.15) is 0 Å². The van der Waals surface area contributed by atoms with Crippen molar-refractivity contribution in [2.45, 2.75) is 18.0 Å². The molecule has 0 unspecified atom stereocenters. The average molecular weight is 429 g/mol. The molecule has 0 amide bonds. The summed E-state index contributed by atoms with van der Waals surface area (Å²) in [6.45, 7) is 0.0725. The van der Waals surface area contributed by atoms with E-state index in [1.165, 1.54) is 30.0 Å². The summed E-state index contributed by atoms with van der Waals surface area (Å²) in [5, 5.41) is 23.7. The van der Waals surface area contributed by atoms with Crippen molar-refractivity contribution in [2.24, 2.45) is 0 Å². The van der Waals surface area contributed by atoms with Gasteiger partial charge >= 0.3 is 5.97 Å². The van der Waals surface area contributed by atoms with Crippen molar-refractivity contribution in [1.82, 2.24) is 5.32 Å². The zero-order valence-corrected chi connectivity index (χ0v) is 16.1. The number of hydrogen-bond donors (Lipinski definition) is 2. The minimum atomic E-state index is -0.972. The second-order valence-corrected chi connectivity index (χ2v) is 7.69. The molecule has 1 saturated heterocycles.